The van der Waals surface area contributed by atoms with Crippen LogP contribution in [0.15, 0.2) is 17.6 Å². The molecule has 0 saturated heterocycles. The maximum absolute atomic E-state index is 5.92. The van der Waals surface area contributed by atoms with Gasteiger partial charge >= 0.3 is 0 Å². The van der Waals surface area contributed by atoms with Crippen molar-refractivity contribution >= 4 is 5.96 Å². The van der Waals surface area contributed by atoms with Gasteiger partial charge < -0.3 is 15.4 Å². The van der Waals surface area contributed by atoms with E-state index >= 15 is 0 Å². The van der Waals surface area contributed by atoms with Gasteiger partial charge in [0, 0.05) is 26.2 Å². The Labute approximate surface area is 124 Å². The minimum atomic E-state index is 0.383. The van der Waals surface area contributed by atoms with E-state index in [0.717, 1.165) is 44.5 Å². The average molecular weight is 281 g/mol. The zero-order valence-corrected chi connectivity index (χ0v) is 13.2. The smallest absolute Gasteiger partial charge is 0.191 e. The van der Waals surface area contributed by atoms with Gasteiger partial charge in [-0.05, 0) is 39.0 Å². The molecule has 1 atom stereocenters. The monoisotopic (exact) mass is 281 g/mol. The number of nitrogens with one attached hydrogen (secondary N) is 2. The lowest BCUT2D eigenvalue weighted by Crippen LogP contribution is -2.37. The van der Waals surface area contributed by atoms with Crippen molar-refractivity contribution < 1.29 is 4.74 Å². The quantitative estimate of drug-likeness (QED) is 0.388. The summed E-state index contributed by atoms with van der Waals surface area (Å²) in [5.74, 6) is 1.61. The number of guanidine groups is 1. The highest BCUT2D eigenvalue weighted by atomic mass is 16.5. The first-order valence-corrected chi connectivity index (χ1v) is 8.06. The molecule has 1 aliphatic rings. The number of hydrogen-bond donors (Lipinski definition) is 2. The Hall–Kier alpha value is -1.03. The third kappa shape index (κ3) is 6.42. The van der Waals surface area contributed by atoms with E-state index in [1.54, 1.807) is 0 Å². The molecule has 0 heterocycles. The Kier molecular flexibility index (Phi) is 9.13. The van der Waals surface area contributed by atoms with Crippen LogP contribution < -0.4 is 10.6 Å². The van der Waals surface area contributed by atoms with Crippen molar-refractivity contribution in [3.05, 3.63) is 12.7 Å². The predicted molar refractivity (Wildman–Crippen MR) is 86.2 cm³/mol. The first-order chi connectivity index (χ1) is 9.81. The molecule has 116 valence electrons. The highest BCUT2D eigenvalue weighted by Gasteiger charge is 2.24. The fourth-order valence-electron chi connectivity index (χ4n) is 2.81. The lowest BCUT2D eigenvalue weighted by atomic mass is 9.98. The maximum atomic E-state index is 5.92. The van der Waals surface area contributed by atoms with Crippen molar-refractivity contribution in [1.29, 1.82) is 0 Å². The van der Waals surface area contributed by atoms with Crippen molar-refractivity contribution in [1.82, 2.24) is 10.6 Å². The van der Waals surface area contributed by atoms with Gasteiger partial charge in [-0.3, -0.25) is 4.99 Å². The van der Waals surface area contributed by atoms with Crippen molar-refractivity contribution in [2.75, 3.05) is 26.2 Å². The molecule has 0 amide bonds. The Balaban J connectivity index is 2.40. The van der Waals surface area contributed by atoms with E-state index in [2.05, 4.69) is 36.1 Å². The van der Waals surface area contributed by atoms with Gasteiger partial charge in [0.2, 0.25) is 0 Å². The van der Waals surface area contributed by atoms with Crippen molar-refractivity contribution in [3.8, 4) is 0 Å². The molecule has 0 aromatic carbocycles. The molecule has 1 rings (SSSR count). The van der Waals surface area contributed by atoms with Crippen molar-refractivity contribution in [2.45, 2.75) is 52.1 Å². The predicted octanol–water partition coefficient (Wildman–Crippen LogP) is 2.71. The van der Waals surface area contributed by atoms with Gasteiger partial charge in [-0.15, -0.1) is 6.58 Å². The maximum Gasteiger partial charge on any atom is 0.191 e. The van der Waals surface area contributed by atoms with E-state index in [-0.39, 0.29) is 0 Å². The highest BCUT2D eigenvalue weighted by molar-refractivity contribution is 5.79. The third-order valence-electron chi connectivity index (χ3n) is 3.75. The molecule has 20 heavy (non-hydrogen) atoms. The average Bonchev–Trinajstić information content (AvgIpc) is 2.97. The van der Waals surface area contributed by atoms with Crippen LogP contribution in [0.5, 0.6) is 0 Å². The molecular formula is C16H31N3O. The minimum absolute atomic E-state index is 0.383. The van der Waals surface area contributed by atoms with Crippen molar-refractivity contribution in [3.63, 3.8) is 0 Å². The zero-order chi connectivity index (χ0) is 14.6. The molecule has 4 nitrogen and oxygen atoms in total. The lowest BCUT2D eigenvalue weighted by molar-refractivity contribution is 0.0177. The van der Waals surface area contributed by atoms with Crippen LogP contribution in [0.1, 0.15) is 46.0 Å². The number of hydrogen-bond acceptors (Lipinski definition) is 2. The van der Waals surface area contributed by atoms with Gasteiger partial charge in [0.15, 0.2) is 5.96 Å². The molecular weight excluding hydrogens is 250 g/mol. The largest absolute Gasteiger partial charge is 0.378 e. The molecule has 1 aliphatic carbocycles. The minimum Gasteiger partial charge on any atom is -0.378 e. The van der Waals surface area contributed by atoms with Crippen LogP contribution in [-0.2, 0) is 4.74 Å². The summed E-state index contributed by atoms with van der Waals surface area (Å²) in [6.07, 6.45) is 8.61. The van der Waals surface area contributed by atoms with E-state index in [4.69, 9.17) is 4.74 Å². The summed E-state index contributed by atoms with van der Waals surface area (Å²) < 4.78 is 5.92. The number of nitrogens with zero attached hydrogens (tertiary/aromatic N) is 1. The summed E-state index contributed by atoms with van der Waals surface area (Å²) in [5, 5.41) is 6.47. The van der Waals surface area contributed by atoms with E-state index in [1.807, 2.05) is 6.08 Å². The van der Waals surface area contributed by atoms with E-state index in [0.29, 0.717) is 6.10 Å². The van der Waals surface area contributed by atoms with E-state index in [1.165, 1.54) is 25.7 Å². The Bertz CT molecular complexity index is 285. The second-order valence-corrected chi connectivity index (χ2v) is 5.26. The molecule has 0 radical (unpaired) electrons. The number of aliphatic imine (C=N–C) groups is 1. The SMILES string of the molecule is C=CCNC(=NCCC(OCC)C1CCCC1)NCC. The molecule has 1 saturated carbocycles. The standard InChI is InChI=1S/C16H31N3O/c1-4-12-18-16(17-5-2)19-13-11-15(20-6-3)14-9-7-8-10-14/h4,14-15H,1,5-13H2,2-3H3,(H2,17,18,19). The van der Waals surface area contributed by atoms with Crippen LogP contribution in [-0.4, -0.2) is 38.3 Å². The van der Waals surface area contributed by atoms with Crippen LogP contribution in [0, 0.1) is 5.92 Å². The van der Waals surface area contributed by atoms with E-state index < -0.39 is 0 Å². The first-order valence-electron chi connectivity index (χ1n) is 8.06. The topological polar surface area (TPSA) is 45.7 Å². The molecule has 0 aromatic rings. The highest BCUT2D eigenvalue weighted by Crippen LogP contribution is 2.30. The fourth-order valence-corrected chi connectivity index (χ4v) is 2.81. The van der Waals surface area contributed by atoms with Crippen molar-refractivity contribution in [2.24, 2.45) is 10.9 Å². The molecule has 0 aliphatic heterocycles. The van der Waals surface area contributed by atoms with E-state index in [9.17, 15) is 0 Å². The number of ether oxygens (including phenoxy) is 1. The van der Waals surface area contributed by atoms with Gasteiger partial charge in [0.05, 0.1) is 6.10 Å². The van der Waals surface area contributed by atoms with Crippen LogP contribution >= 0.6 is 0 Å². The summed E-state index contributed by atoms with van der Waals surface area (Å²) in [4.78, 5) is 4.61. The fraction of sp³-hybridized carbons (Fsp3) is 0.812. The summed E-state index contributed by atoms with van der Waals surface area (Å²) in [5.41, 5.74) is 0. The van der Waals surface area contributed by atoms with Crippen LogP contribution in [0.3, 0.4) is 0 Å². The number of rotatable bonds is 9. The van der Waals surface area contributed by atoms with Crippen LogP contribution in [0.25, 0.3) is 0 Å². The molecule has 0 bridgehead atoms. The Morgan fingerprint density at radius 2 is 2.10 bits per heavy atom. The summed E-state index contributed by atoms with van der Waals surface area (Å²) in [6, 6.07) is 0. The van der Waals surface area contributed by atoms with Gasteiger partial charge in [-0.25, -0.2) is 0 Å². The van der Waals surface area contributed by atoms with Gasteiger partial charge in [0.1, 0.15) is 0 Å². The Morgan fingerprint density at radius 3 is 2.70 bits per heavy atom. The van der Waals surface area contributed by atoms with Crippen LogP contribution in [0.2, 0.25) is 0 Å². The molecule has 1 fully saturated rings. The Morgan fingerprint density at radius 1 is 1.35 bits per heavy atom. The van der Waals surface area contributed by atoms with Gasteiger partial charge in [0.25, 0.3) is 0 Å². The van der Waals surface area contributed by atoms with Crippen LogP contribution in [0.4, 0.5) is 0 Å². The molecule has 0 spiro atoms. The molecule has 4 heteroatoms. The summed E-state index contributed by atoms with van der Waals surface area (Å²) >= 11 is 0. The van der Waals surface area contributed by atoms with Gasteiger partial charge in [-0.1, -0.05) is 18.9 Å². The zero-order valence-electron chi connectivity index (χ0n) is 13.2. The first kappa shape index (κ1) is 17.0. The second kappa shape index (κ2) is 10.7. The lowest BCUT2D eigenvalue weighted by Gasteiger charge is -2.22. The summed E-state index contributed by atoms with van der Waals surface area (Å²) in [7, 11) is 0. The normalized spacial score (nSPS) is 18.0. The molecule has 0 aromatic heterocycles. The second-order valence-electron chi connectivity index (χ2n) is 5.26. The van der Waals surface area contributed by atoms with Gasteiger partial charge in [-0.2, -0.15) is 0 Å². The summed E-state index contributed by atoms with van der Waals surface area (Å²) in [6.45, 7) is 11.1. The third-order valence-corrected chi connectivity index (χ3v) is 3.75. The molecule has 1 unspecified atom stereocenters. The molecule has 2 N–H and O–H groups in total.